The zero-order chi connectivity index (χ0) is 10.8. The lowest BCUT2D eigenvalue weighted by Crippen LogP contribution is -2.49. The molecule has 0 unspecified atom stereocenters. The Hall–Kier alpha value is -1.14. The molecule has 0 saturated carbocycles. The minimum Gasteiger partial charge on any atom is -0.342 e. The van der Waals surface area contributed by atoms with Crippen LogP contribution in [0.4, 0.5) is 0 Å². The van der Waals surface area contributed by atoms with Crippen molar-refractivity contribution in [2.75, 3.05) is 13.2 Å². The maximum Gasteiger partial charge on any atom is 0.268 e. The molecule has 1 heterocycles. The van der Waals surface area contributed by atoms with Crippen LogP contribution in [-0.2, 0) is 14.4 Å². The van der Waals surface area contributed by atoms with E-state index in [1.165, 1.54) is 0 Å². The van der Waals surface area contributed by atoms with Crippen LogP contribution in [0.15, 0.2) is 0 Å². The molecular formula is C8H15N3O3. The average molecular weight is 201 g/mol. The summed E-state index contributed by atoms with van der Waals surface area (Å²) >= 11 is 0. The van der Waals surface area contributed by atoms with Crippen molar-refractivity contribution in [3.8, 4) is 0 Å². The zero-order valence-corrected chi connectivity index (χ0v) is 8.29. The second kappa shape index (κ2) is 3.93. The molecule has 6 heteroatoms. The zero-order valence-electron chi connectivity index (χ0n) is 8.29. The Bertz CT molecular complexity index is 252. The number of hydrogen-bond donors (Lipinski definition) is 3. The molecule has 0 radical (unpaired) electrons. The van der Waals surface area contributed by atoms with Crippen LogP contribution in [0.25, 0.3) is 0 Å². The summed E-state index contributed by atoms with van der Waals surface area (Å²) in [5.74, 6) is -0.572. The third-order valence-electron chi connectivity index (χ3n) is 2.17. The summed E-state index contributed by atoms with van der Waals surface area (Å²) in [6.45, 7) is 3.82. The number of nitrogens with one attached hydrogen (secondary N) is 2. The molecule has 1 saturated heterocycles. The molecule has 1 fully saturated rings. The summed E-state index contributed by atoms with van der Waals surface area (Å²) in [4.78, 5) is 27.3. The van der Waals surface area contributed by atoms with Crippen molar-refractivity contribution in [3.05, 3.63) is 0 Å². The average Bonchev–Trinajstić information content (AvgIpc) is 2.52. The van der Waals surface area contributed by atoms with E-state index in [-0.39, 0.29) is 25.0 Å². The molecule has 0 aliphatic carbocycles. The normalized spacial score (nSPS) is 21.9. The molecule has 0 bridgehead atoms. The van der Waals surface area contributed by atoms with Gasteiger partial charge in [-0.1, -0.05) is 0 Å². The fraction of sp³-hybridized carbons (Fsp3) is 0.750. The van der Waals surface area contributed by atoms with E-state index in [9.17, 15) is 9.59 Å². The highest BCUT2D eigenvalue weighted by Crippen LogP contribution is 2.13. The lowest BCUT2D eigenvalue weighted by Gasteiger charge is -2.22. The van der Waals surface area contributed by atoms with Gasteiger partial charge in [0.15, 0.2) is 0 Å². The van der Waals surface area contributed by atoms with E-state index in [2.05, 4.69) is 15.6 Å². The maximum absolute atomic E-state index is 11.6. The van der Waals surface area contributed by atoms with E-state index in [0.29, 0.717) is 0 Å². The van der Waals surface area contributed by atoms with E-state index in [0.717, 1.165) is 0 Å². The van der Waals surface area contributed by atoms with Crippen molar-refractivity contribution in [1.82, 2.24) is 10.8 Å². The second-order valence-electron chi connectivity index (χ2n) is 3.89. The Morgan fingerprint density at radius 3 is 2.86 bits per heavy atom. The van der Waals surface area contributed by atoms with Gasteiger partial charge in [-0.25, -0.2) is 5.48 Å². The SMILES string of the molecule is CC(C)(CN)C(=O)N[C@@H]1CONC1=O. The van der Waals surface area contributed by atoms with Gasteiger partial charge in [0.25, 0.3) is 5.91 Å². The summed E-state index contributed by atoms with van der Waals surface area (Å²) < 4.78 is 0. The van der Waals surface area contributed by atoms with Crippen LogP contribution >= 0.6 is 0 Å². The fourth-order valence-corrected chi connectivity index (χ4v) is 0.896. The molecule has 0 aromatic rings. The number of rotatable bonds is 3. The van der Waals surface area contributed by atoms with Crippen LogP contribution in [0.3, 0.4) is 0 Å². The highest BCUT2D eigenvalue weighted by atomic mass is 16.7. The largest absolute Gasteiger partial charge is 0.342 e. The van der Waals surface area contributed by atoms with E-state index < -0.39 is 11.5 Å². The molecule has 80 valence electrons. The molecule has 1 aliphatic heterocycles. The Kier molecular flexibility index (Phi) is 3.07. The van der Waals surface area contributed by atoms with Crippen LogP contribution in [0.5, 0.6) is 0 Å². The monoisotopic (exact) mass is 201 g/mol. The second-order valence-corrected chi connectivity index (χ2v) is 3.89. The van der Waals surface area contributed by atoms with Gasteiger partial charge in [-0.2, -0.15) is 0 Å². The van der Waals surface area contributed by atoms with E-state index in [1.807, 2.05) is 0 Å². The molecular weight excluding hydrogens is 186 g/mol. The maximum atomic E-state index is 11.6. The van der Waals surface area contributed by atoms with Gasteiger partial charge in [-0.3, -0.25) is 14.4 Å². The van der Waals surface area contributed by atoms with E-state index >= 15 is 0 Å². The number of carbonyl (C=O) groups excluding carboxylic acids is 2. The van der Waals surface area contributed by atoms with Gasteiger partial charge < -0.3 is 11.1 Å². The van der Waals surface area contributed by atoms with Crippen molar-refractivity contribution in [1.29, 1.82) is 0 Å². The molecule has 1 atom stereocenters. The predicted molar refractivity (Wildman–Crippen MR) is 48.9 cm³/mol. The first-order valence-corrected chi connectivity index (χ1v) is 4.40. The van der Waals surface area contributed by atoms with Crippen molar-refractivity contribution in [2.24, 2.45) is 11.1 Å². The Balaban J connectivity index is 2.52. The highest BCUT2D eigenvalue weighted by Gasteiger charge is 2.32. The summed E-state index contributed by atoms with van der Waals surface area (Å²) in [5, 5.41) is 2.56. The fourth-order valence-electron chi connectivity index (χ4n) is 0.896. The smallest absolute Gasteiger partial charge is 0.268 e. The molecule has 2 amide bonds. The topological polar surface area (TPSA) is 93.5 Å². The van der Waals surface area contributed by atoms with Gasteiger partial charge in [0.1, 0.15) is 12.6 Å². The molecule has 0 aromatic carbocycles. The first-order chi connectivity index (χ1) is 6.47. The van der Waals surface area contributed by atoms with Crippen LogP contribution in [-0.4, -0.2) is 31.0 Å². The van der Waals surface area contributed by atoms with Crippen LogP contribution in [0, 0.1) is 5.41 Å². The van der Waals surface area contributed by atoms with Crippen LogP contribution < -0.4 is 16.5 Å². The Morgan fingerprint density at radius 2 is 2.43 bits per heavy atom. The molecule has 1 rings (SSSR count). The minimum absolute atomic E-state index is 0.158. The number of carbonyl (C=O) groups is 2. The van der Waals surface area contributed by atoms with Crippen molar-refractivity contribution in [3.63, 3.8) is 0 Å². The van der Waals surface area contributed by atoms with Crippen LogP contribution in [0.1, 0.15) is 13.8 Å². The van der Waals surface area contributed by atoms with Crippen molar-refractivity contribution < 1.29 is 14.4 Å². The number of nitrogens with two attached hydrogens (primary N) is 1. The number of amides is 2. The molecule has 4 N–H and O–H groups in total. The van der Waals surface area contributed by atoms with Gasteiger partial charge in [0.05, 0.1) is 5.41 Å². The van der Waals surface area contributed by atoms with Gasteiger partial charge in [0.2, 0.25) is 5.91 Å². The molecule has 1 aliphatic rings. The minimum atomic E-state index is -0.664. The molecule has 6 nitrogen and oxygen atoms in total. The summed E-state index contributed by atoms with van der Waals surface area (Å²) in [7, 11) is 0. The summed E-state index contributed by atoms with van der Waals surface area (Å²) in [6, 6.07) is -0.603. The first-order valence-electron chi connectivity index (χ1n) is 4.40. The summed E-state index contributed by atoms with van der Waals surface area (Å²) in [6.07, 6.45) is 0. The van der Waals surface area contributed by atoms with E-state index in [4.69, 9.17) is 5.73 Å². The van der Waals surface area contributed by atoms with Gasteiger partial charge in [-0.15, -0.1) is 0 Å². The Morgan fingerprint density at radius 1 is 1.79 bits per heavy atom. The number of hydroxylamine groups is 1. The van der Waals surface area contributed by atoms with Crippen molar-refractivity contribution >= 4 is 11.8 Å². The molecule has 0 aromatic heterocycles. The van der Waals surface area contributed by atoms with Gasteiger partial charge in [-0.05, 0) is 13.8 Å². The number of hydrogen-bond acceptors (Lipinski definition) is 4. The van der Waals surface area contributed by atoms with Gasteiger partial charge in [0, 0.05) is 6.54 Å². The summed E-state index contributed by atoms with van der Waals surface area (Å²) in [5.41, 5.74) is 6.92. The molecule has 0 spiro atoms. The standard InChI is InChI=1S/C8H15N3O3/c1-8(2,4-9)7(13)10-5-3-14-11-6(5)12/h5H,3-4,9H2,1-2H3,(H,10,13)(H,11,12)/t5-/m1/s1. The predicted octanol–water partition coefficient (Wildman–Crippen LogP) is -1.48. The lowest BCUT2D eigenvalue weighted by molar-refractivity contribution is -0.132. The third kappa shape index (κ3) is 2.21. The highest BCUT2D eigenvalue weighted by molar-refractivity contribution is 5.90. The third-order valence-corrected chi connectivity index (χ3v) is 2.17. The van der Waals surface area contributed by atoms with Gasteiger partial charge >= 0.3 is 0 Å². The molecule has 14 heavy (non-hydrogen) atoms. The first kappa shape index (κ1) is 10.9. The Labute approximate surface area is 82.1 Å². The van der Waals surface area contributed by atoms with Crippen LogP contribution in [0.2, 0.25) is 0 Å². The quantitative estimate of drug-likeness (QED) is 0.519. The van der Waals surface area contributed by atoms with Crippen molar-refractivity contribution in [2.45, 2.75) is 19.9 Å². The van der Waals surface area contributed by atoms with E-state index in [1.54, 1.807) is 13.8 Å². The lowest BCUT2D eigenvalue weighted by atomic mass is 9.92.